The van der Waals surface area contributed by atoms with Gasteiger partial charge in [0.05, 0.1) is 6.10 Å². The Morgan fingerprint density at radius 3 is 1.91 bits per heavy atom. The van der Waals surface area contributed by atoms with Crippen molar-refractivity contribution in [1.29, 1.82) is 0 Å². The van der Waals surface area contributed by atoms with Crippen LogP contribution in [0.5, 0.6) is 0 Å². The summed E-state index contributed by atoms with van der Waals surface area (Å²) in [6, 6.07) is 0. The lowest BCUT2D eigenvalue weighted by atomic mass is 9.20. The fraction of sp³-hybridized carbons (Fsp3) is 1.00. The maximum Gasteiger partial charge on any atom is 0.0608 e. The third kappa shape index (κ3) is 0.218. The van der Waals surface area contributed by atoms with Gasteiger partial charge >= 0.3 is 0 Å². The SMILES string of the molecule is O[C@@H]1C2[C@@H]3C4[C@H]2[C@H]2C1[C@H]3C42Br. The number of halogens is 1. The first kappa shape index (κ1) is 5.23. The van der Waals surface area contributed by atoms with Crippen LogP contribution in [-0.4, -0.2) is 15.5 Å². The van der Waals surface area contributed by atoms with Crippen molar-refractivity contribution < 1.29 is 5.11 Å². The summed E-state index contributed by atoms with van der Waals surface area (Å²) in [5.74, 6) is 6.24. The molecule has 2 bridgehead atoms. The standard InChI is InChI=1S/C9H9BrO/c10-9-5-2-1-3(5)7(9)4(6(2)9)8(1)11/h1-8,11H/t1?,2-,3+,4?,5?,6-,7-,8+,9?/m0/s1. The summed E-state index contributed by atoms with van der Waals surface area (Å²) in [6.45, 7) is 0. The first-order chi connectivity index (χ1) is 5.28. The van der Waals surface area contributed by atoms with Crippen LogP contribution in [0.15, 0.2) is 0 Å². The van der Waals surface area contributed by atoms with E-state index in [1.807, 2.05) is 0 Å². The summed E-state index contributed by atoms with van der Waals surface area (Å²) in [5, 5.41) is 9.84. The zero-order chi connectivity index (χ0) is 7.12. The highest BCUT2D eigenvalue weighted by Gasteiger charge is 2.99. The van der Waals surface area contributed by atoms with Crippen LogP contribution < -0.4 is 0 Å². The fourth-order valence-corrected chi connectivity index (χ4v) is 7.56. The molecule has 2 heteroatoms. The first-order valence-corrected chi connectivity index (χ1v) is 5.44. The van der Waals surface area contributed by atoms with Crippen LogP contribution in [0.25, 0.3) is 0 Å². The average molecular weight is 213 g/mol. The van der Waals surface area contributed by atoms with Gasteiger partial charge < -0.3 is 5.11 Å². The fourth-order valence-electron chi connectivity index (χ4n) is 5.73. The summed E-state index contributed by atoms with van der Waals surface area (Å²) in [5.41, 5.74) is 0. The molecule has 6 fully saturated rings. The lowest BCUT2D eigenvalue weighted by Crippen LogP contribution is -2.90. The molecule has 0 heterocycles. The Labute approximate surface area is 73.3 Å². The van der Waals surface area contributed by atoms with Gasteiger partial charge in [0.1, 0.15) is 0 Å². The highest BCUT2D eigenvalue weighted by Crippen LogP contribution is 2.98. The normalized spacial score (nSPS) is 96.5. The van der Waals surface area contributed by atoms with Gasteiger partial charge in [-0.25, -0.2) is 0 Å². The summed E-state index contributed by atoms with van der Waals surface area (Å²) in [6.07, 6.45) is 0.115. The lowest BCUT2D eigenvalue weighted by molar-refractivity contribution is -0.349. The number of hydrogen-bond donors (Lipinski definition) is 1. The number of aliphatic hydroxyl groups is 1. The molecule has 1 nitrogen and oxygen atoms in total. The Morgan fingerprint density at radius 1 is 0.909 bits per heavy atom. The van der Waals surface area contributed by atoms with Crippen molar-refractivity contribution in [2.75, 3.05) is 0 Å². The van der Waals surface area contributed by atoms with Crippen LogP contribution in [0, 0.1) is 41.4 Å². The summed E-state index contributed by atoms with van der Waals surface area (Å²) in [7, 11) is 0. The van der Waals surface area contributed by atoms with E-state index in [4.69, 9.17) is 0 Å². The molecule has 0 aromatic heterocycles. The molecule has 1 N–H and O–H groups in total. The summed E-state index contributed by atoms with van der Waals surface area (Å²) >= 11 is 3.89. The van der Waals surface area contributed by atoms with Crippen LogP contribution in [0.1, 0.15) is 0 Å². The molecule has 6 rings (SSSR count). The Kier molecular flexibility index (Phi) is 0.477. The van der Waals surface area contributed by atoms with Crippen molar-refractivity contribution in [3.63, 3.8) is 0 Å². The van der Waals surface area contributed by atoms with Crippen molar-refractivity contribution >= 4 is 15.9 Å². The topological polar surface area (TPSA) is 20.2 Å². The van der Waals surface area contributed by atoms with E-state index in [0.29, 0.717) is 4.32 Å². The second-order valence-corrected chi connectivity index (χ2v) is 6.58. The van der Waals surface area contributed by atoms with E-state index in [9.17, 15) is 5.11 Å². The summed E-state index contributed by atoms with van der Waals surface area (Å²) in [4.78, 5) is 0. The third-order valence-corrected chi connectivity index (χ3v) is 7.28. The maximum absolute atomic E-state index is 9.84. The Balaban J connectivity index is 1.84. The molecule has 0 aliphatic heterocycles. The molecule has 4 unspecified atom stereocenters. The molecule has 0 amide bonds. The molecule has 6 aliphatic carbocycles. The minimum absolute atomic E-state index is 0.115. The zero-order valence-corrected chi connectivity index (χ0v) is 7.53. The van der Waals surface area contributed by atoms with Gasteiger partial charge in [-0.05, 0) is 41.4 Å². The molecular formula is C9H9BrO. The molecule has 0 aromatic carbocycles. The van der Waals surface area contributed by atoms with Crippen molar-refractivity contribution in [1.82, 2.24) is 0 Å². The molecule has 9 atom stereocenters. The van der Waals surface area contributed by atoms with E-state index in [2.05, 4.69) is 15.9 Å². The Hall–Kier alpha value is 0.440. The van der Waals surface area contributed by atoms with E-state index >= 15 is 0 Å². The molecule has 6 saturated carbocycles. The third-order valence-electron chi connectivity index (χ3n) is 5.70. The van der Waals surface area contributed by atoms with Crippen molar-refractivity contribution in [2.45, 2.75) is 10.4 Å². The molecular weight excluding hydrogens is 204 g/mol. The van der Waals surface area contributed by atoms with Crippen LogP contribution in [0.4, 0.5) is 0 Å². The van der Waals surface area contributed by atoms with Gasteiger partial charge in [0.15, 0.2) is 0 Å². The first-order valence-electron chi connectivity index (χ1n) is 4.65. The number of rotatable bonds is 0. The predicted octanol–water partition coefficient (Wildman–Crippen LogP) is 0.862. The van der Waals surface area contributed by atoms with E-state index in [1.54, 1.807) is 0 Å². The lowest BCUT2D eigenvalue weighted by Gasteiger charge is -2.88. The van der Waals surface area contributed by atoms with Gasteiger partial charge in [0, 0.05) is 4.32 Å². The number of hydrogen-bond acceptors (Lipinski definition) is 1. The molecule has 6 aliphatic rings. The van der Waals surface area contributed by atoms with E-state index in [-0.39, 0.29) is 6.10 Å². The van der Waals surface area contributed by atoms with Gasteiger partial charge in [0.2, 0.25) is 0 Å². The van der Waals surface area contributed by atoms with Crippen LogP contribution in [0.3, 0.4) is 0 Å². The van der Waals surface area contributed by atoms with Gasteiger partial charge in [-0.3, -0.25) is 0 Å². The van der Waals surface area contributed by atoms with Crippen molar-refractivity contribution in [3.05, 3.63) is 0 Å². The van der Waals surface area contributed by atoms with Gasteiger partial charge in [-0.15, -0.1) is 0 Å². The van der Waals surface area contributed by atoms with Crippen molar-refractivity contribution in [2.24, 2.45) is 41.4 Å². The maximum atomic E-state index is 9.84. The molecule has 0 radical (unpaired) electrons. The average Bonchev–Trinajstić information content (AvgIpc) is 2.16. The van der Waals surface area contributed by atoms with E-state index in [0.717, 1.165) is 41.4 Å². The highest BCUT2D eigenvalue weighted by atomic mass is 79.9. The number of aliphatic hydroxyl groups excluding tert-OH is 1. The van der Waals surface area contributed by atoms with Gasteiger partial charge in [-0.2, -0.15) is 0 Å². The molecule has 0 aromatic rings. The minimum atomic E-state index is 0.115. The quantitative estimate of drug-likeness (QED) is 0.592. The zero-order valence-electron chi connectivity index (χ0n) is 5.94. The highest BCUT2D eigenvalue weighted by molar-refractivity contribution is 9.10. The monoisotopic (exact) mass is 212 g/mol. The molecule has 0 spiro atoms. The molecule has 0 saturated heterocycles. The Bertz CT molecular complexity index is 282. The van der Waals surface area contributed by atoms with Crippen LogP contribution in [-0.2, 0) is 0 Å². The van der Waals surface area contributed by atoms with E-state index in [1.165, 1.54) is 0 Å². The second-order valence-electron chi connectivity index (χ2n) is 5.20. The van der Waals surface area contributed by atoms with E-state index < -0.39 is 0 Å². The summed E-state index contributed by atoms with van der Waals surface area (Å²) < 4.78 is 0.584. The molecule has 11 heavy (non-hydrogen) atoms. The van der Waals surface area contributed by atoms with Crippen LogP contribution in [0.2, 0.25) is 0 Å². The predicted molar refractivity (Wildman–Crippen MR) is 42.1 cm³/mol. The number of alkyl halides is 1. The molecule has 58 valence electrons. The smallest absolute Gasteiger partial charge is 0.0608 e. The second kappa shape index (κ2) is 1.00. The van der Waals surface area contributed by atoms with Gasteiger partial charge in [0.25, 0.3) is 0 Å². The Morgan fingerprint density at radius 2 is 1.45 bits per heavy atom. The minimum Gasteiger partial charge on any atom is -0.393 e. The largest absolute Gasteiger partial charge is 0.393 e. The van der Waals surface area contributed by atoms with Crippen LogP contribution >= 0.6 is 15.9 Å². The van der Waals surface area contributed by atoms with Crippen molar-refractivity contribution in [3.8, 4) is 0 Å². The van der Waals surface area contributed by atoms with Gasteiger partial charge in [-0.1, -0.05) is 15.9 Å².